The second-order valence-corrected chi connectivity index (χ2v) is 6.56. The Morgan fingerprint density at radius 3 is 2.30 bits per heavy atom. The molecule has 0 saturated carbocycles. The molecular weight excluding hydrogens is 321 g/mol. The zero-order valence-corrected chi connectivity index (χ0v) is 14.0. The molecule has 0 unspecified atom stereocenters. The number of benzene rings is 1. The summed E-state index contributed by atoms with van der Waals surface area (Å²) in [5.74, 6) is -0.829. The predicted molar refractivity (Wildman–Crippen MR) is 85.6 cm³/mol. The van der Waals surface area contributed by atoms with Gasteiger partial charge in [0.15, 0.2) is 0 Å². The zero-order valence-electron chi connectivity index (χ0n) is 13.2. The van der Waals surface area contributed by atoms with Crippen LogP contribution in [0.3, 0.4) is 0 Å². The smallest absolute Gasteiger partial charge is 0.338 e. The highest BCUT2D eigenvalue weighted by Gasteiger charge is 2.31. The summed E-state index contributed by atoms with van der Waals surface area (Å²) in [5, 5.41) is 0. The molecule has 0 aromatic heterocycles. The summed E-state index contributed by atoms with van der Waals surface area (Å²) in [6.07, 6.45) is 1.41. The van der Waals surface area contributed by atoms with Crippen LogP contribution >= 0.6 is 0 Å². The molecule has 0 N–H and O–H groups in total. The van der Waals surface area contributed by atoms with Crippen LogP contribution in [0.2, 0.25) is 0 Å². The van der Waals surface area contributed by atoms with Crippen LogP contribution < -0.4 is 0 Å². The van der Waals surface area contributed by atoms with Gasteiger partial charge in [-0.05, 0) is 44.2 Å². The number of rotatable bonds is 4. The van der Waals surface area contributed by atoms with Gasteiger partial charge < -0.3 is 4.90 Å². The van der Waals surface area contributed by atoms with E-state index < -0.39 is 21.9 Å². The van der Waals surface area contributed by atoms with Crippen LogP contribution in [0.15, 0.2) is 40.4 Å². The van der Waals surface area contributed by atoms with Gasteiger partial charge in [-0.1, -0.05) is 0 Å². The Kier molecular flexibility index (Phi) is 4.84. The van der Waals surface area contributed by atoms with E-state index in [9.17, 15) is 17.6 Å². The minimum atomic E-state index is -4.00. The van der Waals surface area contributed by atoms with Crippen LogP contribution in [0, 0.1) is 5.82 Å². The van der Waals surface area contributed by atoms with Crippen LogP contribution in [-0.2, 0) is 15.0 Å². The minimum absolute atomic E-state index is 0.0167. The third kappa shape index (κ3) is 3.42. The van der Waals surface area contributed by atoms with Gasteiger partial charge in [0.2, 0.25) is 0 Å². The van der Waals surface area contributed by atoms with Crippen molar-refractivity contribution in [2.45, 2.75) is 13.8 Å². The van der Waals surface area contributed by atoms with Gasteiger partial charge in [0.05, 0.1) is 5.71 Å². The van der Waals surface area contributed by atoms with Gasteiger partial charge in [-0.25, -0.2) is 8.70 Å². The highest BCUT2D eigenvalue weighted by molar-refractivity contribution is 7.88. The lowest BCUT2D eigenvalue weighted by molar-refractivity contribution is -0.127. The standard InChI is InChI=1S/C15H18FN3O3S/c1-4-19(5-2)15(20)14-10-13(17-23(21,22)18(14)3)11-6-8-12(16)9-7-11/h6-10H,4-5H2,1-3H3. The molecule has 0 fully saturated rings. The van der Waals surface area contributed by atoms with Crippen LogP contribution in [0.1, 0.15) is 19.4 Å². The first-order chi connectivity index (χ1) is 10.8. The Morgan fingerprint density at radius 2 is 1.78 bits per heavy atom. The van der Waals surface area contributed by atoms with Crippen molar-refractivity contribution in [3.05, 3.63) is 47.4 Å². The number of carbonyl (C=O) groups excluding carboxylic acids is 1. The molecule has 0 radical (unpaired) electrons. The van der Waals surface area contributed by atoms with Crippen LogP contribution in [0.4, 0.5) is 4.39 Å². The topological polar surface area (TPSA) is 70.0 Å². The fourth-order valence-electron chi connectivity index (χ4n) is 2.18. The van der Waals surface area contributed by atoms with E-state index in [-0.39, 0.29) is 11.4 Å². The molecule has 0 atom stereocenters. The molecule has 6 nitrogen and oxygen atoms in total. The SMILES string of the molecule is CCN(CC)C(=O)C1=CC(c2ccc(F)cc2)=NS(=O)(=O)N1C. The molecular formula is C15H18FN3O3S. The molecule has 8 heteroatoms. The molecule has 124 valence electrons. The molecule has 1 aromatic rings. The number of halogens is 1. The van der Waals surface area contributed by atoms with Gasteiger partial charge in [0, 0.05) is 25.7 Å². The lowest BCUT2D eigenvalue weighted by Crippen LogP contribution is -2.40. The maximum Gasteiger partial charge on any atom is 0.345 e. The highest BCUT2D eigenvalue weighted by Crippen LogP contribution is 2.21. The van der Waals surface area contributed by atoms with Gasteiger partial charge in [0.25, 0.3) is 5.91 Å². The van der Waals surface area contributed by atoms with Gasteiger partial charge in [-0.15, -0.1) is 4.40 Å². The van der Waals surface area contributed by atoms with E-state index in [0.29, 0.717) is 18.7 Å². The largest absolute Gasteiger partial charge is 0.345 e. The highest BCUT2D eigenvalue weighted by atomic mass is 32.2. The summed E-state index contributed by atoms with van der Waals surface area (Å²) in [6, 6.07) is 5.26. The molecule has 1 aliphatic rings. The van der Waals surface area contributed by atoms with Gasteiger partial charge in [-0.2, -0.15) is 8.42 Å². The second kappa shape index (κ2) is 6.49. The van der Waals surface area contributed by atoms with Crippen LogP contribution in [0.25, 0.3) is 0 Å². The Hall–Kier alpha value is -2.22. The number of nitrogens with zero attached hydrogens (tertiary/aromatic N) is 3. The molecule has 23 heavy (non-hydrogen) atoms. The van der Waals surface area contributed by atoms with Crippen molar-refractivity contribution in [3.8, 4) is 0 Å². The number of likely N-dealkylation sites (N-methyl/N-ethyl adjacent to an activating group) is 2. The quantitative estimate of drug-likeness (QED) is 0.836. The zero-order chi connectivity index (χ0) is 17.2. The van der Waals surface area contributed by atoms with E-state index in [2.05, 4.69) is 4.40 Å². The maximum absolute atomic E-state index is 13.0. The number of hydrogen-bond acceptors (Lipinski definition) is 3. The third-order valence-electron chi connectivity index (χ3n) is 3.58. The average Bonchev–Trinajstić information content (AvgIpc) is 2.51. The summed E-state index contributed by atoms with van der Waals surface area (Å²) in [6.45, 7) is 4.55. The molecule has 1 amide bonds. The number of amides is 1. The van der Waals surface area contributed by atoms with Crippen molar-refractivity contribution >= 4 is 21.8 Å². The van der Waals surface area contributed by atoms with E-state index in [1.54, 1.807) is 0 Å². The fraction of sp³-hybridized carbons (Fsp3) is 0.333. The summed E-state index contributed by atoms with van der Waals surface area (Å²) < 4.78 is 42.0. The van der Waals surface area contributed by atoms with Gasteiger partial charge in [-0.3, -0.25) is 4.79 Å². The predicted octanol–water partition coefficient (Wildman–Crippen LogP) is 1.56. The Balaban J connectivity index is 2.51. The van der Waals surface area contributed by atoms with Crippen molar-refractivity contribution in [1.29, 1.82) is 0 Å². The molecule has 1 aromatic carbocycles. The van der Waals surface area contributed by atoms with Crippen molar-refractivity contribution in [1.82, 2.24) is 9.21 Å². The Labute approximate surface area is 135 Å². The molecule has 0 bridgehead atoms. The maximum atomic E-state index is 13.0. The fourth-order valence-corrected chi connectivity index (χ4v) is 3.09. The van der Waals surface area contributed by atoms with E-state index in [1.807, 2.05) is 13.8 Å². The Morgan fingerprint density at radius 1 is 1.22 bits per heavy atom. The molecule has 1 aliphatic heterocycles. The van der Waals surface area contributed by atoms with Gasteiger partial charge >= 0.3 is 10.2 Å². The van der Waals surface area contributed by atoms with E-state index in [4.69, 9.17) is 0 Å². The van der Waals surface area contributed by atoms with Crippen molar-refractivity contribution < 1.29 is 17.6 Å². The van der Waals surface area contributed by atoms with Crippen molar-refractivity contribution in [3.63, 3.8) is 0 Å². The minimum Gasteiger partial charge on any atom is -0.338 e. The molecule has 2 rings (SSSR count). The second-order valence-electron chi connectivity index (χ2n) is 4.94. The van der Waals surface area contributed by atoms with E-state index >= 15 is 0 Å². The number of carbonyl (C=O) groups is 1. The van der Waals surface area contributed by atoms with E-state index in [1.165, 1.54) is 42.3 Å². The molecule has 1 heterocycles. The van der Waals surface area contributed by atoms with Crippen LogP contribution in [0.5, 0.6) is 0 Å². The summed E-state index contributed by atoms with van der Waals surface area (Å²) in [4.78, 5) is 14.0. The van der Waals surface area contributed by atoms with E-state index in [0.717, 1.165) is 4.31 Å². The molecule has 0 aliphatic carbocycles. The first kappa shape index (κ1) is 17.1. The first-order valence-electron chi connectivity index (χ1n) is 7.16. The summed E-state index contributed by atoms with van der Waals surface area (Å²) in [5.41, 5.74) is 0.551. The lowest BCUT2D eigenvalue weighted by Gasteiger charge is -2.27. The molecule has 0 spiro atoms. The van der Waals surface area contributed by atoms with Crippen LogP contribution in [-0.4, -0.2) is 49.4 Å². The number of allylic oxidation sites excluding steroid dienone is 1. The lowest BCUT2D eigenvalue weighted by atomic mass is 10.1. The molecule has 0 saturated heterocycles. The van der Waals surface area contributed by atoms with Crippen molar-refractivity contribution in [2.24, 2.45) is 4.40 Å². The third-order valence-corrected chi connectivity index (χ3v) is 4.90. The summed E-state index contributed by atoms with van der Waals surface area (Å²) in [7, 11) is -2.72. The normalized spacial score (nSPS) is 16.6. The Bertz CT molecular complexity index is 766. The van der Waals surface area contributed by atoms with Crippen molar-refractivity contribution in [2.75, 3.05) is 20.1 Å². The monoisotopic (exact) mass is 339 g/mol. The van der Waals surface area contributed by atoms with Gasteiger partial charge in [0.1, 0.15) is 11.5 Å². The average molecular weight is 339 g/mol. The first-order valence-corrected chi connectivity index (χ1v) is 8.55. The summed E-state index contributed by atoms with van der Waals surface area (Å²) >= 11 is 0. The number of hydrogen-bond donors (Lipinski definition) is 0.